The van der Waals surface area contributed by atoms with Crippen LogP contribution in [-0.4, -0.2) is 11.1 Å². The molecule has 1 aliphatic rings. The van der Waals surface area contributed by atoms with E-state index in [1.807, 2.05) is 12.1 Å². The molecule has 0 spiro atoms. The standard InChI is InChI=1S/C12H8Cl2N2OS/c13-8-2-1-7(5-9(8)14)6-10-11(17)16-4-3-15-12(16)18-10/h1-2,5-6H,3-4H2/b10-6+. The first-order valence-corrected chi connectivity index (χ1v) is 6.93. The lowest BCUT2D eigenvalue weighted by Gasteiger charge is -1.96. The van der Waals surface area contributed by atoms with Crippen LogP contribution in [0.4, 0.5) is 0 Å². The maximum atomic E-state index is 12.0. The Bertz CT molecular complexity index is 791. The molecule has 1 aromatic carbocycles. The van der Waals surface area contributed by atoms with Gasteiger partial charge >= 0.3 is 0 Å². The van der Waals surface area contributed by atoms with Crippen LogP contribution in [0.3, 0.4) is 0 Å². The molecule has 1 aliphatic heterocycles. The fraction of sp³-hybridized carbons (Fsp3) is 0.167. The van der Waals surface area contributed by atoms with E-state index >= 15 is 0 Å². The van der Waals surface area contributed by atoms with Gasteiger partial charge in [0.25, 0.3) is 5.56 Å². The number of rotatable bonds is 1. The predicted molar refractivity (Wildman–Crippen MR) is 74.3 cm³/mol. The Balaban J connectivity index is 2.18. The first-order valence-electron chi connectivity index (χ1n) is 5.36. The zero-order valence-corrected chi connectivity index (χ0v) is 11.5. The Morgan fingerprint density at radius 3 is 2.89 bits per heavy atom. The van der Waals surface area contributed by atoms with Gasteiger partial charge in [-0.3, -0.25) is 14.4 Å². The fourth-order valence-electron chi connectivity index (χ4n) is 1.82. The van der Waals surface area contributed by atoms with Crippen LogP contribution in [0.25, 0.3) is 6.08 Å². The van der Waals surface area contributed by atoms with E-state index < -0.39 is 0 Å². The van der Waals surface area contributed by atoms with Crippen molar-refractivity contribution in [1.29, 1.82) is 0 Å². The normalized spacial score (nSPS) is 14.7. The summed E-state index contributed by atoms with van der Waals surface area (Å²) in [5.41, 5.74) is 0.879. The third-order valence-corrected chi connectivity index (χ3v) is 4.48. The van der Waals surface area contributed by atoms with Gasteiger partial charge in [-0.2, -0.15) is 0 Å². The Hall–Kier alpha value is -1.10. The lowest BCUT2D eigenvalue weighted by molar-refractivity contribution is 0.740. The topological polar surface area (TPSA) is 34.4 Å². The highest BCUT2D eigenvalue weighted by molar-refractivity contribution is 7.07. The summed E-state index contributed by atoms with van der Waals surface area (Å²) in [6, 6.07) is 5.30. The first-order chi connectivity index (χ1) is 8.65. The van der Waals surface area contributed by atoms with Crippen molar-refractivity contribution < 1.29 is 0 Å². The van der Waals surface area contributed by atoms with Gasteiger partial charge in [-0.1, -0.05) is 40.6 Å². The second-order valence-electron chi connectivity index (χ2n) is 3.91. The van der Waals surface area contributed by atoms with Gasteiger partial charge in [0.1, 0.15) is 0 Å². The Morgan fingerprint density at radius 1 is 1.33 bits per heavy atom. The summed E-state index contributed by atoms with van der Waals surface area (Å²) in [5.74, 6) is 0. The molecule has 0 amide bonds. The first kappa shape index (κ1) is 12.0. The maximum Gasteiger partial charge on any atom is 0.270 e. The van der Waals surface area contributed by atoms with Crippen molar-refractivity contribution in [2.45, 2.75) is 6.54 Å². The highest BCUT2D eigenvalue weighted by Gasteiger charge is 2.09. The van der Waals surface area contributed by atoms with Crippen LogP contribution < -0.4 is 14.9 Å². The molecule has 2 heterocycles. The summed E-state index contributed by atoms with van der Waals surface area (Å²) in [5, 5.41) is 0.994. The molecule has 0 atom stereocenters. The number of hydrogen-bond donors (Lipinski definition) is 0. The summed E-state index contributed by atoms with van der Waals surface area (Å²) in [7, 11) is 0. The number of benzene rings is 1. The van der Waals surface area contributed by atoms with Crippen LogP contribution in [0.5, 0.6) is 0 Å². The quantitative estimate of drug-likeness (QED) is 0.789. The molecule has 1 aromatic heterocycles. The number of hydrogen-bond acceptors (Lipinski definition) is 3. The van der Waals surface area contributed by atoms with E-state index in [2.05, 4.69) is 4.99 Å². The molecule has 92 valence electrons. The molecule has 0 saturated carbocycles. The van der Waals surface area contributed by atoms with E-state index in [1.165, 1.54) is 11.3 Å². The van der Waals surface area contributed by atoms with E-state index in [4.69, 9.17) is 23.2 Å². The van der Waals surface area contributed by atoms with Gasteiger partial charge in [-0.15, -0.1) is 0 Å². The molecule has 3 rings (SSSR count). The number of aromatic nitrogens is 1. The third kappa shape index (κ3) is 2.00. The second kappa shape index (κ2) is 4.53. The summed E-state index contributed by atoms with van der Waals surface area (Å²) in [6.45, 7) is 1.38. The van der Waals surface area contributed by atoms with Gasteiger partial charge < -0.3 is 0 Å². The molecule has 18 heavy (non-hydrogen) atoms. The molecule has 3 nitrogen and oxygen atoms in total. The molecule has 0 unspecified atom stereocenters. The van der Waals surface area contributed by atoms with Crippen LogP contribution in [-0.2, 0) is 6.54 Å². The number of halogens is 2. The van der Waals surface area contributed by atoms with Gasteiger partial charge in [0.05, 0.1) is 21.1 Å². The minimum Gasteiger partial charge on any atom is -0.282 e. The molecule has 6 heteroatoms. The average molecular weight is 299 g/mol. The van der Waals surface area contributed by atoms with E-state index in [0.717, 1.165) is 10.4 Å². The average Bonchev–Trinajstić information content (AvgIpc) is 2.89. The number of thiazole rings is 1. The van der Waals surface area contributed by atoms with Gasteiger partial charge in [-0.25, -0.2) is 0 Å². The Labute approximate surface area is 117 Å². The van der Waals surface area contributed by atoms with Crippen LogP contribution >= 0.6 is 34.5 Å². The monoisotopic (exact) mass is 298 g/mol. The zero-order valence-electron chi connectivity index (χ0n) is 9.19. The highest BCUT2D eigenvalue weighted by atomic mass is 35.5. The Morgan fingerprint density at radius 2 is 2.17 bits per heavy atom. The van der Waals surface area contributed by atoms with E-state index in [0.29, 0.717) is 27.7 Å². The number of fused-ring (bicyclic) bond motifs is 1. The molecule has 0 aliphatic carbocycles. The molecule has 0 saturated heterocycles. The smallest absolute Gasteiger partial charge is 0.270 e. The molecule has 0 radical (unpaired) electrons. The zero-order chi connectivity index (χ0) is 12.7. The minimum atomic E-state index is 0.0160. The van der Waals surface area contributed by atoms with Crippen molar-refractivity contribution in [2.75, 3.05) is 6.54 Å². The fourth-order valence-corrected chi connectivity index (χ4v) is 3.16. The number of nitrogens with zero attached hydrogens (tertiary/aromatic N) is 2. The van der Waals surface area contributed by atoms with Crippen molar-refractivity contribution in [3.63, 3.8) is 0 Å². The van der Waals surface area contributed by atoms with Gasteiger partial charge in [0, 0.05) is 6.54 Å². The largest absolute Gasteiger partial charge is 0.282 e. The minimum absolute atomic E-state index is 0.0160. The summed E-state index contributed by atoms with van der Waals surface area (Å²) < 4.78 is 2.38. The highest BCUT2D eigenvalue weighted by Crippen LogP contribution is 2.22. The van der Waals surface area contributed by atoms with Crippen LogP contribution in [0.15, 0.2) is 28.0 Å². The predicted octanol–water partition coefficient (Wildman–Crippen LogP) is 1.68. The molecule has 0 fully saturated rings. The van der Waals surface area contributed by atoms with Gasteiger partial charge in [0.15, 0.2) is 4.80 Å². The van der Waals surface area contributed by atoms with Gasteiger partial charge in [0.2, 0.25) is 0 Å². The van der Waals surface area contributed by atoms with E-state index in [9.17, 15) is 4.79 Å². The van der Waals surface area contributed by atoms with Crippen molar-refractivity contribution in [2.24, 2.45) is 4.99 Å². The molecular formula is C12H8Cl2N2OS. The van der Waals surface area contributed by atoms with Crippen LogP contribution in [0.1, 0.15) is 5.56 Å². The third-order valence-electron chi connectivity index (χ3n) is 2.70. The summed E-state index contributed by atoms with van der Waals surface area (Å²) in [6.07, 6.45) is 1.82. The molecule has 2 aromatic rings. The van der Waals surface area contributed by atoms with E-state index in [1.54, 1.807) is 16.7 Å². The molecule has 0 N–H and O–H groups in total. The van der Waals surface area contributed by atoms with Gasteiger partial charge in [-0.05, 0) is 23.8 Å². The summed E-state index contributed by atoms with van der Waals surface area (Å²) in [4.78, 5) is 17.1. The van der Waals surface area contributed by atoms with E-state index in [-0.39, 0.29) is 5.56 Å². The van der Waals surface area contributed by atoms with Crippen molar-refractivity contribution in [3.8, 4) is 0 Å². The summed E-state index contributed by atoms with van der Waals surface area (Å²) >= 11 is 13.2. The molecular weight excluding hydrogens is 291 g/mol. The van der Waals surface area contributed by atoms with Crippen molar-refractivity contribution in [1.82, 2.24) is 4.57 Å². The lowest BCUT2D eigenvalue weighted by atomic mass is 10.2. The molecule has 0 bridgehead atoms. The maximum absolute atomic E-state index is 12.0. The van der Waals surface area contributed by atoms with Crippen LogP contribution in [0.2, 0.25) is 10.0 Å². The lowest BCUT2D eigenvalue weighted by Crippen LogP contribution is -2.29. The SMILES string of the molecule is O=c1/c(=C\c2ccc(Cl)c(Cl)c2)sc2n1CCN=2. The Kier molecular flexibility index (Phi) is 3.01. The second-order valence-corrected chi connectivity index (χ2v) is 5.73. The van der Waals surface area contributed by atoms with Crippen molar-refractivity contribution in [3.05, 3.63) is 53.5 Å². The van der Waals surface area contributed by atoms with Crippen molar-refractivity contribution >= 4 is 40.6 Å². The van der Waals surface area contributed by atoms with Crippen LogP contribution in [0, 0.1) is 0 Å².